The summed E-state index contributed by atoms with van der Waals surface area (Å²) >= 11 is 15.0. The van der Waals surface area contributed by atoms with Crippen LogP contribution in [0.15, 0.2) is 8.83 Å². The van der Waals surface area contributed by atoms with Gasteiger partial charge in [-0.05, 0) is 169 Å². The largest absolute Gasteiger partial charge is 0.457 e. The number of fused-ring (bicyclic) bond motifs is 8. The zero-order chi connectivity index (χ0) is 50.6. The molecule has 0 saturated heterocycles. The molecule has 12 aromatic rings. The van der Waals surface area contributed by atoms with Crippen LogP contribution in [0.1, 0.15) is 116 Å². The first-order valence-electron chi connectivity index (χ1n) is 23.5. The van der Waals surface area contributed by atoms with Gasteiger partial charge in [0.2, 0.25) is 0 Å². The van der Waals surface area contributed by atoms with E-state index in [0.29, 0.717) is 29.0 Å². The SMILES string of the molecule is Cc1[se]c2c(C)c(C)[se]c2c1C.Cc1oc2c(C)c(C)oc2c1C.Cc1sc2c(C)c(C)sc2c1C.Cc1sc2c(C)c3c(C)c(C)sc3c(C)c2c1C.Cc1sc2c(sc3c(C)c(C)sc32)c1C. The Balaban J connectivity index is 0.000000117. The number of hydrogen-bond donors (Lipinski definition) is 0. The van der Waals surface area contributed by atoms with Gasteiger partial charge in [0.15, 0.2) is 11.2 Å². The summed E-state index contributed by atoms with van der Waals surface area (Å²) in [5.41, 5.74) is 19.1. The van der Waals surface area contributed by atoms with E-state index in [9.17, 15) is 0 Å². The summed E-state index contributed by atoms with van der Waals surface area (Å²) in [5, 5.41) is 3.01. The Morgan fingerprint density at radius 3 is 0.826 bits per heavy atom. The van der Waals surface area contributed by atoms with Crippen molar-refractivity contribution in [1.82, 2.24) is 0 Å². The molecule has 12 rings (SSSR count). The predicted molar refractivity (Wildman–Crippen MR) is 323 cm³/mol. The van der Waals surface area contributed by atoms with Crippen LogP contribution in [-0.2, 0) is 0 Å². The van der Waals surface area contributed by atoms with Crippen molar-refractivity contribution in [3.05, 3.63) is 116 Å². The predicted octanol–water partition coefficient (Wildman–Crippen LogP) is 21.0. The topological polar surface area (TPSA) is 26.3 Å². The first-order chi connectivity index (χ1) is 32.3. The van der Waals surface area contributed by atoms with Crippen molar-refractivity contribution in [2.75, 3.05) is 0 Å². The zero-order valence-electron chi connectivity index (χ0n) is 44.5. The van der Waals surface area contributed by atoms with Crippen LogP contribution in [0.5, 0.6) is 0 Å². The molecule has 0 fully saturated rings. The molecule has 0 aliphatic carbocycles. The molecule has 2 nitrogen and oxygen atoms in total. The minimum absolute atomic E-state index is 0.670. The second-order valence-electron chi connectivity index (χ2n) is 18.9. The fraction of sp³-hybridized carbons (Fsp3) is 0.379. The Hall–Kier alpha value is -2.50. The fourth-order valence-corrected chi connectivity index (χ4v) is 24.4. The third kappa shape index (κ3) is 9.19. The molecule has 0 atom stereocenters. The first kappa shape index (κ1) is 52.8. The van der Waals surface area contributed by atoms with Crippen LogP contribution in [0.3, 0.4) is 0 Å². The van der Waals surface area contributed by atoms with E-state index in [-0.39, 0.29) is 0 Å². The molecule has 0 radical (unpaired) electrons. The van der Waals surface area contributed by atoms with E-state index in [1.165, 1.54) is 122 Å². The van der Waals surface area contributed by atoms with Gasteiger partial charge in [0.1, 0.15) is 11.5 Å². The Labute approximate surface area is 449 Å². The third-order valence-corrected chi connectivity index (χ3v) is 30.6. The van der Waals surface area contributed by atoms with Gasteiger partial charge in [0.05, 0.1) is 18.8 Å². The van der Waals surface area contributed by atoms with E-state index in [4.69, 9.17) is 8.83 Å². The quantitative estimate of drug-likeness (QED) is 0.141. The Kier molecular flexibility index (Phi) is 15.4. The molecule has 364 valence electrons. The number of furan rings is 2. The van der Waals surface area contributed by atoms with Crippen molar-refractivity contribution in [2.24, 2.45) is 0 Å². The van der Waals surface area contributed by atoms with Crippen molar-refractivity contribution >= 4 is 176 Å². The Bertz CT molecular complexity index is 3480. The second-order valence-corrected chi connectivity index (χ2v) is 32.4. The van der Waals surface area contributed by atoms with Gasteiger partial charge in [-0.1, -0.05) is 0 Å². The molecule has 0 aliphatic heterocycles. The number of rotatable bonds is 0. The molecule has 11 heteroatoms. The van der Waals surface area contributed by atoms with Gasteiger partial charge in [0.25, 0.3) is 0 Å². The van der Waals surface area contributed by atoms with Crippen molar-refractivity contribution in [2.45, 2.75) is 152 Å². The second kappa shape index (κ2) is 20.1. The molecule has 0 bridgehead atoms. The van der Waals surface area contributed by atoms with Crippen molar-refractivity contribution in [3.63, 3.8) is 0 Å². The van der Waals surface area contributed by atoms with Crippen molar-refractivity contribution < 1.29 is 8.83 Å². The van der Waals surface area contributed by atoms with E-state index in [2.05, 4.69) is 125 Å². The normalized spacial score (nSPS) is 11.6. The van der Waals surface area contributed by atoms with E-state index >= 15 is 0 Å². The summed E-state index contributed by atoms with van der Waals surface area (Å²) in [7, 11) is 0. The minimum atomic E-state index is 0.670. The van der Waals surface area contributed by atoms with E-state index in [1.807, 2.05) is 107 Å². The van der Waals surface area contributed by atoms with Crippen LogP contribution in [0, 0.1) is 152 Å². The molecular weight excluding hydrogens is 1110 g/mol. The van der Waals surface area contributed by atoms with Gasteiger partial charge in [0, 0.05) is 70.0 Å². The maximum absolute atomic E-state index is 5.56. The van der Waals surface area contributed by atoms with Crippen LogP contribution < -0.4 is 0 Å². The minimum Gasteiger partial charge on any atom is -0.457 e. The molecule has 0 saturated carbocycles. The van der Waals surface area contributed by atoms with Crippen LogP contribution in [0.25, 0.3) is 68.1 Å². The molecule has 0 N–H and O–H groups in total. The number of benzene rings is 1. The van der Waals surface area contributed by atoms with Gasteiger partial charge in [-0.25, -0.2) is 0 Å². The van der Waals surface area contributed by atoms with Crippen LogP contribution in [-0.4, -0.2) is 29.0 Å². The summed E-state index contributed by atoms with van der Waals surface area (Å²) < 4.78 is 29.9. The summed E-state index contributed by atoms with van der Waals surface area (Å²) in [5.74, 6) is 1.90. The Morgan fingerprint density at radius 1 is 0.246 bits per heavy atom. The van der Waals surface area contributed by atoms with Crippen molar-refractivity contribution in [3.8, 4) is 0 Å². The molecule has 0 spiro atoms. The van der Waals surface area contributed by atoms with Gasteiger partial charge in [-0.3, -0.25) is 0 Å². The molecular formula is C58H66O2S7Se2. The maximum Gasteiger partial charge on any atom is 0.176 e. The molecule has 1 aromatic carbocycles. The average molecular weight is 1180 g/mol. The molecule has 0 unspecified atom stereocenters. The van der Waals surface area contributed by atoms with Crippen molar-refractivity contribution in [1.29, 1.82) is 0 Å². The molecule has 11 heterocycles. The molecule has 11 aromatic heterocycles. The third-order valence-electron chi connectivity index (χ3n) is 14.6. The first-order valence-corrected chi connectivity index (χ1v) is 32.6. The van der Waals surface area contributed by atoms with E-state index in [1.54, 1.807) is 28.5 Å². The van der Waals surface area contributed by atoms with E-state index in [0.717, 1.165) is 33.8 Å². The smallest absolute Gasteiger partial charge is 0.176 e. The zero-order valence-corrected chi connectivity index (χ0v) is 53.6. The van der Waals surface area contributed by atoms with E-state index < -0.39 is 0 Å². The van der Waals surface area contributed by atoms with Gasteiger partial charge < -0.3 is 8.83 Å². The summed E-state index contributed by atoms with van der Waals surface area (Å²) in [6.07, 6.45) is 0. The number of thiophene rings is 7. The molecule has 0 amide bonds. The molecule has 0 aliphatic rings. The summed E-state index contributed by atoms with van der Waals surface area (Å²) in [4.78, 5) is 8.81. The monoisotopic (exact) mass is 1180 g/mol. The maximum atomic E-state index is 5.56. The number of hydrogen-bond acceptors (Lipinski definition) is 9. The van der Waals surface area contributed by atoms with Crippen LogP contribution in [0.4, 0.5) is 0 Å². The average Bonchev–Trinajstić information content (AvgIpc) is 4.24. The van der Waals surface area contributed by atoms with Gasteiger partial charge >= 0.3 is 85.2 Å². The summed E-state index contributed by atoms with van der Waals surface area (Å²) in [6, 6.07) is 0. The van der Waals surface area contributed by atoms with Gasteiger partial charge in [-0.15, -0.1) is 79.4 Å². The summed E-state index contributed by atoms with van der Waals surface area (Å²) in [6.45, 7) is 48.6. The van der Waals surface area contributed by atoms with Gasteiger partial charge in [-0.2, -0.15) is 0 Å². The standard InChI is InChI=1S/C16H18S2.C12H12S3.C10H12O2.C10H12S2.C10H12Se2/c1-7-11(5)17-15-10(4)14-8(2)12(6)18-16(14)9(3)13(7)15;1-5-7(3)13-11-9(5)15-10-6(2)8(4)14-12(10)11;3*1-5-7(3)11-10-6(2)8(4)12-9(5)10/h1-6H3;1-4H3;3*1-4H3. The molecule has 69 heavy (non-hydrogen) atoms. The fourth-order valence-electron chi connectivity index (χ4n) is 8.87. The number of aryl methyl sites for hydroxylation is 22. The Morgan fingerprint density at radius 2 is 0.507 bits per heavy atom. The van der Waals surface area contributed by atoms with Crippen LogP contribution in [0.2, 0.25) is 0 Å². The van der Waals surface area contributed by atoms with Crippen LogP contribution >= 0.6 is 79.4 Å².